The van der Waals surface area contributed by atoms with Gasteiger partial charge in [-0.05, 0) is 76.0 Å². The first-order valence-corrected chi connectivity index (χ1v) is 10.9. The summed E-state index contributed by atoms with van der Waals surface area (Å²) in [6.45, 7) is 1.97. The average Bonchev–Trinajstić information content (AvgIpc) is 3.03. The van der Waals surface area contributed by atoms with Gasteiger partial charge in [0.25, 0.3) is 0 Å². The number of rotatable bonds is 3. The number of nitrogens with zero attached hydrogens (tertiary/aromatic N) is 3. The van der Waals surface area contributed by atoms with Crippen LogP contribution in [0.2, 0.25) is 5.02 Å². The molecular formula is C23H26ClF3N4O. The largest absolute Gasteiger partial charge is 0.433 e. The van der Waals surface area contributed by atoms with Crippen LogP contribution >= 0.6 is 11.6 Å². The van der Waals surface area contributed by atoms with Crippen LogP contribution in [0.5, 0.6) is 0 Å². The second-order valence-corrected chi connectivity index (χ2v) is 9.52. The predicted octanol–water partition coefficient (Wildman–Crippen LogP) is 5.36. The Morgan fingerprint density at radius 3 is 2.41 bits per heavy atom. The van der Waals surface area contributed by atoms with Crippen LogP contribution in [0.1, 0.15) is 42.5 Å². The number of nitrogens with one attached hydrogen (secondary N) is 1. The lowest BCUT2D eigenvalue weighted by Gasteiger charge is -2.48. The molecule has 5 nitrogen and oxygen atoms in total. The molecule has 2 amide bonds. The van der Waals surface area contributed by atoms with Gasteiger partial charge in [0.15, 0.2) is 0 Å². The number of aryl methyl sites for hydroxylation is 1. The van der Waals surface area contributed by atoms with E-state index in [1.54, 1.807) is 6.92 Å². The van der Waals surface area contributed by atoms with Gasteiger partial charge in [0.1, 0.15) is 5.69 Å². The number of pyridine rings is 1. The molecule has 4 rings (SSSR count). The first kappa shape index (κ1) is 22.9. The number of hydrogen-bond donors (Lipinski definition) is 1. The fourth-order valence-electron chi connectivity index (χ4n) is 5.09. The average molecular weight is 467 g/mol. The van der Waals surface area contributed by atoms with Gasteiger partial charge in [-0.2, -0.15) is 13.2 Å². The minimum absolute atomic E-state index is 0.194. The van der Waals surface area contributed by atoms with Crippen LogP contribution in [0.25, 0.3) is 0 Å². The Morgan fingerprint density at radius 1 is 1.16 bits per heavy atom. The Balaban J connectivity index is 1.56. The van der Waals surface area contributed by atoms with Crippen molar-refractivity contribution in [2.24, 2.45) is 0 Å². The molecule has 1 N–H and O–H groups in total. The van der Waals surface area contributed by atoms with Gasteiger partial charge in [-0.3, -0.25) is 9.80 Å². The summed E-state index contributed by atoms with van der Waals surface area (Å²) in [6, 6.07) is 8.58. The number of amides is 2. The molecule has 1 aromatic carbocycles. The van der Waals surface area contributed by atoms with Gasteiger partial charge in [-0.15, -0.1) is 0 Å². The normalized spacial score (nSPS) is 26.1. The Morgan fingerprint density at radius 2 is 1.84 bits per heavy atom. The number of carbonyl (C=O) groups is 1. The SMILES string of the molecule is Cc1cc(C(F)(F)F)ncc1N1CC2(CCC(c3cccc(Cl)c3)(N(C)C)CC2)NC1=O. The van der Waals surface area contributed by atoms with Crippen molar-refractivity contribution in [3.63, 3.8) is 0 Å². The molecule has 0 unspecified atom stereocenters. The highest BCUT2D eigenvalue weighted by molar-refractivity contribution is 6.30. The molecule has 0 radical (unpaired) electrons. The monoisotopic (exact) mass is 466 g/mol. The summed E-state index contributed by atoms with van der Waals surface area (Å²) < 4.78 is 38.9. The molecular weight excluding hydrogens is 441 g/mol. The number of carbonyl (C=O) groups excluding carboxylic acids is 1. The van der Waals surface area contributed by atoms with Crippen LogP contribution < -0.4 is 10.2 Å². The molecule has 1 saturated heterocycles. The number of anilines is 1. The van der Waals surface area contributed by atoms with Gasteiger partial charge < -0.3 is 5.32 Å². The van der Waals surface area contributed by atoms with Crippen molar-refractivity contribution in [1.82, 2.24) is 15.2 Å². The predicted molar refractivity (Wildman–Crippen MR) is 118 cm³/mol. The van der Waals surface area contributed by atoms with Gasteiger partial charge in [0, 0.05) is 10.6 Å². The van der Waals surface area contributed by atoms with Crippen molar-refractivity contribution in [3.8, 4) is 0 Å². The van der Waals surface area contributed by atoms with Crippen LogP contribution in [0.3, 0.4) is 0 Å². The fraction of sp³-hybridized carbons (Fsp3) is 0.478. The van der Waals surface area contributed by atoms with E-state index in [2.05, 4.69) is 35.4 Å². The Bertz CT molecular complexity index is 1030. The first-order valence-electron chi connectivity index (χ1n) is 10.5. The van der Waals surface area contributed by atoms with E-state index in [0.29, 0.717) is 22.8 Å². The zero-order chi connectivity index (χ0) is 23.3. The van der Waals surface area contributed by atoms with E-state index >= 15 is 0 Å². The van der Waals surface area contributed by atoms with Crippen LogP contribution in [0, 0.1) is 6.92 Å². The van der Waals surface area contributed by atoms with E-state index in [0.717, 1.165) is 43.5 Å². The van der Waals surface area contributed by atoms with Crippen LogP contribution in [0.4, 0.5) is 23.7 Å². The summed E-state index contributed by atoms with van der Waals surface area (Å²) in [5.74, 6) is 0. The van der Waals surface area contributed by atoms with Gasteiger partial charge in [-0.1, -0.05) is 23.7 Å². The topological polar surface area (TPSA) is 48.5 Å². The quantitative estimate of drug-likeness (QED) is 0.662. The highest BCUT2D eigenvalue weighted by Gasteiger charge is 2.50. The van der Waals surface area contributed by atoms with Crippen LogP contribution in [0.15, 0.2) is 36.5 Å². The molecule has 2 fully saturated rings. The number of aromatic nitrogens is 1. The molecule has 2 aliphatic rings. The van der Waals surface area contributed by atoms with E-state index in [1.165, 1.54) is 4.90 Å². The molecule has 172 valence electrons. The van der Waals surface area contributed by atoms with Crippen molar-refractivity contribution in [2.75, 3.05) is 25.5 Å². The summed E-state index contributed by atoms with van der Waals surface area (Å²) in [7, 11) is 4.10. The van der Waals surface area contributed by atoms with E-state index in [4.69, 9.17) is 11.6 Å². The highest BCUT2D eigenvalue weighted by Crippen LogP contribution is 2.47. The van der Waals surface area contributed by atoms with Gasteiger partial charge >= 0.3 is 12.2 Å². The molecule has 1 saturated carbocycles. The maximum absolute atomic E-state index is 13.0. The summed E-state index contributed by atoms with van der Waals surface area (Å²) >= 11 is 6.25. The molecule has 9 heteroatoms. The molecule has 1 aliphatic carbocycles. The number of halogens is 4. The van der Waals surface area contributed by atoms with E-state index in [1.807, 2.05) is 18.2 Å². The summed E-state index contributed by atoms with van der Waals surface area (Å²) in [5.41, 5.74) is 0.352. The Labute approximate surface area is 190 Å². The van der Waals surface area contributed by atoms with Crippen molar-refractivity contribution >= 4 is 23.3 Å². The molecule has 1 spiro atoms. The molecule has 2 heterocycles. The van der Waals surface area contributed by atoms with Crippen LogP contribution in [-0.2, 0) is 11.7 Å². The minimum Gasteiger partial charge on any atom is -0.330 e. The minimum atomic E-state index is -4.52. The maximum atomic E-state index is 13.0. The fourth-order valence-corrected chi connectivity index (χ4v) is 5.28. The van der Waals surface area contributed by atoms with Crippen molar-refractivity contribution < 1.29 is 18.0 Å². The standard InChI is InChI=1S/C23H26ClF3N4O/c1-15-11-19(23(25,26)27)28-13-18(15)31-14-21(29-20(31)32)7-9-22(10-8-21,30(2)3)16-5-4-6-17(24)12-16/h4-6,11-13H,7-10,14H2,1-3H3,(H,29,32). The summed E-state index contributed by atoms with van der Waals surface area (Å²) in [5, 5.41) is 3.81. The Hall–Kier alpha value is -2.32. The lowest BCUT2D eigenvalue weighted by Crippen LogP contribution is -2.54. The van der Waals surface area contributed by atoms with Crippen molar-refractivity contribution in [3.05, 3.63) is 58.4 Å². The van der Waals surface area contributed by atoms with Crippen molar-refractivity contribution in [2.45, 2.75) is 49.9 Å². The zero-order valence-corrected chi connectivity index (χ0v) is 19.0. The van der Waals surface area contributed by atoms with Gasteiger partial charge in [0.2, 0.25) is 0 Å². The molecule has 1 aromatic heterocycles. The third-order valence-electron chi connectivity index (χ3n) is 6.99. The zero-order valence-electron chi connectivity index (χ0n) is 18.3. The molecule has 1 aliphatic heterocycles. The van der Waals surface area contributed by atoms with Gasteiger partial charge in [-0.25, -0.2) is 9.78 Å². The lowest BCUT2D eigenvalue weighted by atomic mass is 9.69. The van der Waals surface area contributed by atoms with E-state index < -0.39 is 17.4 Å². The highest BCUT2D eigenvalue weighted by atomic mass is 35.5. The second kappa shape index (κ2) is 7.92. The van der Waals surface area contributed by atoms with Crippen molar-refractivity contribution in [1.29, 1.82) is 0 Å². The van der Waals surface area contributed by atoms with E-state index in [-0.39, 0.29) is 11.6 Å². The van der Waals surface area contributed by atoms with E-state index in [9.17, 15) is 18.0 Å². The third kappa shape index (κ3) is 3.94. The van der Waals surface area contributed by atoms with Crippen LogP contribution in [-0.4, -0.2) is 42.1 Å². The number of hydrogen-bond acceptors (Lipinski definition) is 3. The maximum Gasteiger partial charge on any atom is 0.433 e. The molecule has 0 atom stereocenters. The smallest absolute Gasteiger partial charge is 0.330 e. The lowest BCUT2D eigenvalue weighted by molar-refractivity contribution is -0.141. The van der Waals surface area contributed by atoms with Gasteiger partial charge in [0.05, 0.1) is 24.0 Å². The third-order valence-corrected chi connectivity index (χ3v) is 7.23. The number of urea groups is 1. The number of benzene rings is 1. The summed E-state index contributed by atoms with van der Waals surface area (Å²) in [6.07, 6.45) is -0.246. The first-order chi connectivity index (χ1) is 15.0. The molecule has 2 aromatic rings. The molecule has 32 heavy (non-hydrogen) atoms. The Kier molecular flexibility index (Phi) is 5.66. The summed E-state index contributed by atoms with van der Waals surface area (Å²) in [4.78, 5) is 20.1. The second-order valence-electron chi connectivity index (χ2n) is 9.09. The molecule has 0 bridgehead atoms. The number of alkyl halides is 3.